The molecule has 0 saturated carbocycles. The molecule has 6 nitrogen and oxygen atoms in total. The molecule has 2 atom stereocenters. The van der Waals surface area contributed by atoms with Gasteiger partial charge in [-0.25, -0.2) is 0 Å². The van der Waals surface area contributed by atoms with E-state index in [1.165, 1.54) is 5.56 Å². The second kappa shape index (κ2) is 8.20. The number of amides is 1. The van der Waals surface area contributed by atoms with Crippen molar-refractivity contribution in [3.8, 4) is 17.2 Å². The highest BCUT2D eigenvalue weighted by molar-refractivity contribution is 5.96. The fourth-order valence-corrected chi connectivity index (χ4v) is 4.92. The third-order valence-electron chi connectivity index (χ3n) is 6.41. The van der Waals surface area contributed by atoms with Crippen LogP contribution in [0.4, 0.5) is 5.69 Å². The molecule has 1 amide bonds. The third-order valence-corrected chi connectivity index (χ3v) is 6.41. The SMILES string of the molecule is COc1c2c(cc3c1[C@@H](C(=O)Nc1ccccc1)[N+](C)(Cc1ccccc1)CC3)OCO2. The van der Waals surface area contributed by atoms with E-state index in [0.717, 1.165) is 36.3 Å². The van der Waals surface area contributed by atoms with Crippen molar-refractivity contribution in [2.75, 3.05) is 32.8 Å². The Bertz CT molecular complexity index is 1130. The Morgan fingerprint density at radius 3 is 2.53 bits per heavy atom. The van der Waals surface area contributed by atoms with Gasteiger partial charge in [0.25, 0.3) is 5.91 Å². The van der Waals surface area contributed by atoms with E-state index >= 15 is 0 Å². The number of benzene rings is 3. The highest BCUT2D eigenvalue weighted by Crippen LogP contribution is 2.51. The van der Waals surface area contributed by atoms with Crippen LogP contribution in [0.2, 0.25) is 0 Å². The van der Waals surface area contributed by atoms with Crippen molar-refractivity contribution in [1.29, 1.82) is 0 Å². The van der Waals surface area contributed by atoms with Gasteiger partial charge in [0.1, 0.15) is 6.54 Å². The van der Waals surface area contributed by atoms with Crippen molar-refractivity contribution in [3.05, 3.63) is 83.4 Å². The van der Waals surface area contributed by atoms with Crippen molar-refractivity contribution < 1.29 is 23.5 Å². The van der Waals surface area contributed by atoms with E-state index in [-0.39, 0.29) is 12.7 Å². The predicted molar refractivity (Wildman–Crippen MR) is 122 cm³/mol. The summed E-state index contributed by atoms with van der Waals surface area (Å²) < 4.78 is 17.7. The van der Waals surface area contributed by atoms with Crippen LogP contribution in [0.3, 0.4) is 0 Å². The van der Waals surface area contributed by atoms with Gasteiger partial charge in [-0.3, -0.25) is 4.79 Å². The van der Waals surface area contributed by atoms with Crippen molar-refractivity contribution in [2.45, 2.75) is 19.0 Å². The molecular weight excluding hydrogens is 404 g/mol. The number of carbonyl (C=O) groups excluding carboxylic acids is 1. The zero-order valence-corrected chi connectivity index (χ0v) is 18.3. The maximum absolute atomic E-state index is 13.9. The summed E-state index contributed by atoms with van der Waals surface area (Å²) in [5, 5.41) is 3.13. The molecule has 2 aliphatic heterocycles. The lowest BCUT2D eigenvalue weighted by Gasteiger charge is -2.45. The number of ether oxygens (including phenoxy) is 3. The number of quaternary nitrogens is 1. The van der Waals surface area contributed by atoms with Crippen LogP contribution in [-0.4, -0.2) is 37.9 Å². The summed E-state index contributed by atoms with van der Waals surface area (Å²) in [6.07, 6.45) is 0.820. The van der Waals surface area contributed by atoms with Gasteiger partial charge >= 0.3 is 0 Å². The van der Waals surface area contributed by atoms with Crippen LogP contribution in [0.25, 0.3) is 0 Å². The van der Waals surface area contributed by atoms with Gasteiger partial charge in [0, 0.05) is 17.7 Å². The maximum Gasteiger partial charge on any atom is 0.287 e. The average Bonchev–Trinajstić information content (AvgIpc) is 3.27. The number of hydrogen-bond acceptors (Lipinski definition) is 4. The highest BCUT2D eigenvalue weighted by Gasteiger charge is 2.47. The Morgan fingerprint density at radius 2 is 1.81 bits per heavy atom. The van der Waals surface area contributed by atoms with Crippen molar-refractivity contribution >= 4 is 11.6 Å². The lowest BCUT2D eigenvalue weighted by atomic mass is 9.87. The van der Waals surface area contributed by atoms with E-state index < -0.39 is 6.04 Å². The first-order valence-electron chi connectivity index (χ1n) is 10.8. The summed E-state index contributed by atoms with van der Waals surface area (Å²) in [5.41, 5.74) is 3.92. The number of anilines is 1. The highest BCUT2D eigenvalue weighted by atomic mass is 16.7. The molecule has 164 valence electrons. The Morgan fingerprint density at radius 1 is 1.09 bits per heavy atom. The molecule has 1 N–H and O–H groups in total. The number of methoxy groups -OCH3 is 1. The molecule has 0 aromatic heterocycles. The fraction of sp³-hybridized carbons (Fsp3) is 0.269. The Labute approximate surface area is 187 Å². The van der Waals surface area contributed by atoms with Crippen LogP contribution in [0.15, 0.2) is 66.7 Å². The van der Waals surface area contributed by atoms with Crippen LogP contribution in [0.5, 0.6) is 17.2 Å². The molecule has 0 spiro atoms. The molecule has 1 unspecified atom stereocenters. The number of hydrogen-bond donors (Lipinski definition) is 1. The molecule has 3 aromatic carbocycles. The van der Waals surface area contributed by atoms with Crippen LogP contribution in [-0.2, 0) is 17.8 Å². The molecule has 2 aliphatic rings. The Hall–Kier alpha value is -3.51. The first-order valence-corrected chi connectivity index (χ1v) is 10.8. The smallest absolute Gasteiger partial charge is 0.287 e. The van der Waals surface area contributed by atoms with Gasteiger partial charge in [0.2, 0.25) is 12.5 Å². The second-order valence-corrected chi connectivity index (χ2v) is 8.57. The minimum Gasteiger partial charge on any atom is -0.492 e. The summed E-state index contributed by atoms with van der Waals surface area (Å²) in [6, 6.07) is 21.4. The topological polar surface area (TPSA) is 56.8 Å². The summed E-state index contributed by atoms with van der Waals surface area (Å²) in [4.78, 5) is 13.9. The number of nitrogens with zero attached hydrogens (tertiary/aromatic N) is 1. The van der Waals surface area contributed by atoms with Crippen LogP contribution >= 0.6 is 0 Å². The molecule has 0 fully saturated rings. The van der Waals surface area contributed by atoms with Gasteiger partial charge in [-0.15, -0.1) is 0 Å². The predicted octanol–water partition coefficient (Wildman–Crippen LogP) is 4.31. The lowest BCUT2D eigenvalue weighted by molar-refractivity contribution is -0.944. The van der Waals surface area contributed by atoms with Gasteiger partial charge in [-0.1, -0.05) is 48.5 Å². The van der Waals surface area contributed by atoms with Crippen molar-refractivity contribution in [2.24, 2.45) is 0 Å². The summed E-state index contributed by atoms with van der Waals surface area (Å²) >= 11 is 0. The molecule has 32 heavy (non-hydrogen) atoms. The van der Waals surface area contributed by atoms with Gasteiger partial charge in [0.05, 0.1) is 26.3 Å². The summed E-state index contributed by atoms with van der Waals surface area (Å²) in [5.74, 6) is 1.80. The molecule has 0 radical (unpaired) electrons. The fourth-order valence-electron chi connectivity index (χ4n) is 4.92. The Balaban J connectivity index is 1.62. The zero-order chi connectivity index (χ0) is 22.1. The van der Waals surface area contributed by atoms with Gasteiger partial charge in [-0.05, 0) is 23.8 Å². The van der Waals surface area contributed by atoms with E-state index in [4.69, 9.17) is 14.2 Å². The van der Waals surface area contributed by atoms with E-state index in [0.29, 0.717) is 21.7 Å². The van der Waals surface area contributed by atoms with E-state index in [1.54, 1.807) is 7.11 Å². The number of nitrogens with one attached hydrogen (secondary N) is 1. The number of fused-ring (bicyclic) bond motifs is 2. The lowest BCUT2D eigenvalue weighted by Crippen LogP contribution is -2.54. The molecule has 6 heteroatoms. The second-order valence-electron chi connectivity index (χ2n) is 8.57. The van der Waals surface area contributed by atoms with Crippen LogP contribution in [0.1, 0.15) is 22.7 Å². The Kier molecular flexibility index (Phi) is 5.23. The molecular formula is C26H27N2O4+. The first kappa shape index (κ1) is 20.4. The normalized spacial score (nSPS) is 21.0. The van der Waals surface area contributed by atoms with E-state index in [2.05, 4.69) is 24.5 Å². The standard InChI is InChI=1S/C26H26N2O4/c1-28(16-18-9-5-3-6-10-18)14-13-19-15-21-24(32-17-31-21)25(30-2)22(19)23(28)26(29)27-20-11-7-4-8-12-20/h3-12,15,23H,13-14,16-17H2,1-2H3/p+1/t23-,28?/m0/s1. The molecule has 2 heterocycles. The maximum atomic E-state index is 13.9. The van der Waals surface area contributed by atoms with Gasteiger partial charge in [-0.2, -0.15) is 0 Å². The van der Waals surface area contributed by atoms with Crippen molar-refractivity contribution in [1.82, 2.24) is 0 Å². The van der Waals surface area contributed by atoms with E-state index in [9.17, 15) is 4.79 Å². The largest absolute Gasteiger partial charge is 0.492 e. The quantitative estimate of drug-likeness (QED) is 0.612. The zero-order valence-electron chi connectivity index (χ0n) is 18.3. The number of carbonyl (C=O) groups is 1. The van der Waals surface area contributed by atoms with Gasteiger partial charge < -0.3 is 24.0 Å². The van der Waals surface area contributed by atoms with Gasteiger partial charge in [0.15, 0.2) is 17.5 Å². The first-order chi connectivity index (χ1) is 15.6. The number of likely N-dealkylation sites (N-methyl/N-ethyl adjacent to an activating group) is 1. The molecule has 0 saturated heterocycles. The summed E-state index contributed by atoms with van der Waals surface area (Å²) in [6.45, 7) is 1.70. The van der Waals surface area contributed by atoms with E-state index in [1.807, 2.05) is 54.6 Å². The summed E-state index contributed by atoms with van der Waals surface area (Å²) in [7, 11) is 3.77. The average molecular weight is 432 g/mol. The third kappa shape index (κ3) is 3.56. The van der Waals surface area contributed by atoms with Crippen LogP contribution < -0.4 is 19.5 Å². The molecule has 5 rings (SSSR count). The minimum atomic E-state index is -0.469. The minimum absolute atomic E-state index is 0.0623. The molecule has 3 aromatic rings. The monoisotopic (exact) mass is 431 g/mol. The molecule has 0 bridgehead atoms. The molecule has 0 aliphatic carbocycles. The van der Waals surface area contributed by atoms with Crippen LogP contribution in [0, 0.1) is 0 Å². The van der Waals surface area contributed by atoms with Crippen molar-refractivity contribution in [3.63, 3.8) is 0 Å². The number of rotatable bonds is 5. The number of para-hydroxylation sites is 1.